The first-order chi connectivity index (χ1) is 15.4. The van der Waals surface area contributed by atoms with Crippen LogP contribution in [0.1, 0.15) is 44.4 Å². The molecule has 168 valence electrons. The molecule has 1 aliphatic heterocycles. The molecule has 0 bridgehead atoms. The number of hydrogen-bond donors (Lipinski definition) is 1. The summed E-state index contributed by atoms with van der Waals surface area (Å²) in [7, 11) is 3.02. The van der Waals surface area contributed by atoms with Crippen molar-refractivity contribution in [1.82, 2.24) is 4.90 Å². The fraction of sp³-hybridized carbons (Fsp3) is 0.304. The highest BCUT2D eigenvalue weighted by molar-refractivity contribution is 6.22. The fourth-order valence-electron chi connectivity index (χ4n) is 3.25. The van der Waals surface area contributed by atoms with Crippen molar-refractivity contribution in [2.24, 2.45) is 0 Å². The number of benzene rings is 2. The molecule has 3 rings (SSSR count). The summed E-state index contributed by atoms with van der Waals surface area (Å²) in [6, 6.07) is 11.0. The summed E-state index contributed by atoms with van der Waals surface area (Å²) < 4.78 is 15.4. The molecule has 2 aromatic rings. The van der Waals surface area contributed by atoms with E-state index in [0.29, 0.717) is 24.5 Å². The van der Waals surface area contributed by atoms with E-state index in [0.717, 1.165) is 4.90 Å². The Bertz CT molecular complexity index is 1050. The Morgan fingerprint density at radius 3 is 2.47 bits per heavy atom. The molecule has 2 aromatic carbocycles. The third-order valence-electron chi connectivity index (χ3n) is 4.95. The Hall–Kier alpha value is -3.72. The van der Waals surface area contributed by atoms with Gasteiger partial charge in [-0.2, -0.15) is 0 Å². The molecule has 0 saturated heterocycles. The molecule has 0 aliphatic carbocycles. The van der Waals surface area contributed by atoms with Crippen molar-refractivity contribution in [3.05, 3.63) is 59.2 Å². The van der Waals surface area contributed by atoms with Gasteiger partial charge in [-0.3, -0.25) is 19.3 Å². The average Bonchev–Trinajstić information content (AvgIpc) is 3.03. The first-order valence-electron chi connectivity index (χ1n) is 10.0. The van der Waals surface area contributed by atoms with Gasteiger partial charge in [0.15, 0.2) is 6.10 Å². The fourth-order valence-corrected chi connectivity index (χ4v) is 3.25. The molecule has 1 heterocycles. The van der Waals surface area contributed by atoms with Crippen LogP contribution in [0.5, 0.6) is 5.75 Å². The number of para-hydroxylation sites is 2. The molecule has 0 saturated carbocycles. The molecule has 1 unspecified atom stereocenters. The van der Waals surface area contributed by atoms with Crippen LogP contribution in [-0.4, -0.2) is 62.1 Å². The topological polar surface area (TPSA) is 111 Å². The predicted molar refractivity (Wildman–Crippen MR) is 115 cm³/mol. The molecule has 1 N–H and O–H groups in total. The number of nitrogens with zero attached hydrogens (tertiary/aromatic N) is 1. The number of amides is 3. The van der Waals surface area contributed by atoms with Gasteiger partial charge < -0.3 is 19.5 Å². The van der Waals surface area contributed by atoms with Crippen molar-refractivity contribution in [1.29, 1.82) is 0 Å². The SMILES string of the molecule is COCCCN1C(=O)c2ccc(C(=O)OC(C)C(=O)Nc3ccccc3OC)cc2C1=O. The number of carbonyl (C=O) groups is 4. The van der Waals surface area contributed by atoms with Gasteiger partial charge in [0.2, 0.25) is 0 Å². The highest BCUT2D eigenvalue weighted by Gasteiger charge is 2.36. The molecule has 1 atom stereocenters. The molecule has 1 aliphatic rings. The number of imide groups is 1. The number of carbonyl (C=O) groups excluding carboxylic acids is 4. The maximum Gasteiger partial charge on any atom is 0.338 e. The number of rotatable bonds is 9. The van der Waals surface area contributed by atoms with E-state index in [-0.39, 0.29) is 23.2 Å². The standard InChI is InChI=1S/C23H24N2O7/c1-14(20(26)24-18-7-4-5-8-19(18)31-3)32-23(29)15-9-10-16-17(13-15)22(28)25(21(16)27)11-6-12-30-2/h4-5,7-10,13-14H,6,11-12H2,1-3H3,(H,24,26). The van der Waals surface area contributed by atoms with E-state index in [1.165, 1.54) is 39.3 Å². The third kappa shape index (κ3) is 4.78. The predicted octanol–water partition coefficient (Wildman–Crippen LogP) is 2.51. The molecule has 32 heavy (non-hydrogen) atoms. The van der Waals surface area contributed by atoms with Gasteiger partial charge >= 0.3 is 5.97 Å². The van der Waals surface area contributed by atoms with E-state index in [2.05, 4.69) is 5.32 Å². The lowest BCUT2D eigenvalue weighted by molar-refractivity contribution is -0.123. The van der Waals surface area contributed by atoms with E-state index in [4.69, 9.17) is 14.2 Å². The van der Waals surface area contributed by atoms with Gasteiger partial charge in [-0.05, 0) is 43.7 Å². The van der Waals surface area contributed by atoms with Crippen LogP contribution in [-0.2, 0) is 14.3 Å². The summed E-state index contributed by atoms with van der Waals surface area (Å²) in [6.07, 6.45) is -0.598. The van der Waals surface area contributed by atoms with E-state index >= 15 is 0 Å². The van der Waals surface area contributed by atoms with Crippen LogP contribution < -0.4 is 10.1 Å². The van der Waals surface area contributed by atoms with E-state index < -0.39 is 29.8 Å². The first kappa shape index (κ1) is 23.0. The monoisotopic (exact) mass is 440 g/mol. The van der Waals surface area contributed by atoms with Crippen molar-refractivity contribution in [3.63, 3.8) is 0 Å². The summed E-state index contributed by atoms with van der Waals surface area (Å²) >= 11 is 0. The molecule has 0 aromatic heterocycles. The van der Waals surface area contributed by atoms with Crippen LogP contribution >= 0.6 is 0 Å². The second kappa shape index (κ2) is 10.1. The van der Waals surface area contributed by atoms with Crippen LogP contribution in [0, 0.1) is 0 Å². The first-order valence-corrected chi connectivity index (χ1v) is 10.0. The second-order valence-corrected chi connectivity index (χ2v) is 7.11. The molecule has 9 heteroatoms. The number of nitrogens with one attached hydrogen (secondary N) is 1. The number of ether oxygens (including phenoxy) is 3. The van der Waals surface area contributed by atoms with Crippen LogP contribution in [0.25, 0.3) is 0 Å². The largest absolute Gasteiger partial charge is 0.495 e. The summed E-state index contributed by atoms with van der Waals surface area (Å²) in [4.78, 5) is 51.2. The van der Waals surface area contributed by atoms with Crippen molar-refractivity contribution in [3.8, 4) is 5.75 Å². The van der Waals surface area contributed by atoms with E-state index in [9.17, 15) is 19.2 Å². The van der Waals surface area contributed by atoms with Crippen LogP contribution in [0.4, 0.5) is 5.69 Å². The smallest absolute Gasteiger partial charge is 0.338 e. The summed E-state index contributed by atoms with van der Waals surface area (Å²) in [6.45, 7) is 2.07. The zero-order chi connectivity index (χ0) is 23.3. The van der Waals surface area contributed by atoms with Crippen molar-refractivity contribution in [2.75, 3.05) is 32.7 Å². The summed E-state index contributed by atoms with van der Waals surface area (Å²) in [5, 5.41) is 2.65. The quantitative estimate of drug-likeness (QED) is 0.362. The minimum absolute atomic E-state index is 0.0700. The third-order valence-corrected chi connectivity index (χ3v) is 4.95. The van der Waals surface area contributed by atoms with Crippen LogP contribution in [0.3, 0.4) is 0 Å². The van der Waals surface area contributed by atoms with Crippen molar-refractivity contribution < 1.29 is 33.4 Å². The number of hydrogen-bond acceptors (Lipinski definition) is 7. The maximum absolute atomic E-state index is 12.6. The van der Waals surface area contributed by atoms with Gasteiger partial charge in [0, 0.05) is 20.3 Å². The number of anilines is 1. The zero-order valence-electron chi connectivity index (χ0n) is 18.0. The minimum atomic E-state index is -1.11. The molecule has 0 radical (unpaired) electrons. The van der Waals surface area contributed by atoms with Crippen LogP contribution in [0.15, 0.2) is 42.5 Å². The Morgan fingerprint density at radius 2 is 1.75 bits per heavy atom. The summed E-state index contributed by atoms with van der Waals surface area (Å²) in [5.41, 5.74) is 0.873. The molecule has 3 amide bonds. The molecule has 0 fully saturated rings. The minimum Gasteiger partial charge on any atom is -0.495 e. The molecule has 0 spiro atoms. The van der Waals surface area contributed by atoms with Gasteiger partial charge in [-0.25, -0.2) is 4.79 Å². The van der Waals surface area contributed by atoms with Gasteiger partial charge in [0.25, 0.3) is 17.7 Å². The highest BCUT2D eigenvalue weighted by atomic mass is 16.5. The molecule has 9 nitrogen and oxygen atoms in total. The molecular weight excluding hydrogens is 416 g/mol. The highest BCUT2D eigenvalue weighted by Crippen LogP contribution is 2.25. The Balaban J connectivity index is 1.67. The Labute approximate surface area is 185 Å². The normalized spacial score (nSPS) is 13.5. The van der Waals surface area contributed by atoms with Crippen LogP contribution in [0.2, 0.25) is 0 Å². The Kier molecular flexibility index (Phi) is 7.21. The van der Waals surface area contributed by atoms with Gasteiger partial charge in [-0.15, -0.1) is 0 Å². The van der Waals surface area contributed by atoms with Gasteiger partial charge in [-0.1, -0.05) is 12.1 Å². The van der Waals surface area contributed by atoms with Crippen molar-refractivity contribution >= 4 is 29.4 Å². The average molecular weight is 440 g/mol. The number of fused-ring (bicyclic) bond motifs is 1. The molecular formula is C23H24N2O7. The maximum atomic E-state index is 12.6. The second-order valence-electron chi connectivity index (χ2n) is 7.11. The van der Waals surface area contributed by atoms with E-state index in [1.54, 1.807) is 24.3 Å². The van der Waals surface area contributed by atoms with Gasteiger partial charge in [0.05, 0.1) is 29.5 Å². The lowest BCUT2D eigenvalue weighted by Gasteiger charge is -2.15. The zero-order valence-corrected chi connectivity index (χ0v) is 18.0. The van der Waals surface area contributed by atoms with E-state index in [1.807, 2.05) is 0 Å². The summed E-state index contributed by atoms with van der Waals surface area (Å²) in [5.74, 6) is -1.74. The lowest BCUT2D eigenvalue weighted by atomic mass is 10.1. The lowest BCUT2D eigenvalue weighted by Crippen LogP contribution is -2.31. The number of methoxy groups -OCH3 is 2. The van der Waals surface area contributed by atoms with Crippen molar-refractivity contribution in [2.45, 2.75) is 19.4 Å². The number of esters is 1. The Morgan fingerprint density at radius 1 is 1.03 bits per heavy atom. The van der Waals surface area contributed by atoms with Gasteiger partial charge in [0.1, 0.15) is 5.75 Å².